The Kier molecular flexibility index (Phi) is 5.81. The predicted octanol–water partition coefficient (Wildman–Crippen LogP) is 3.55. The lowest BCUT2D eigenvalue weighted by Gasteiger charge is -2.22. The number of nitrogens with zero attached hydrogens (tertiary/aromatic N) is 2. The molecule has 3 amide bonds. The summed E-state index contributed by atoms with van der Waals surface area (Å²) in [6, 6.07) is 4.56. The van der Waals surface area contributed by atoms with Crippen LogP contribution in [0, 0.1) is 11.6 Å². The molecule has 1 aromatic heterocycles. The second kappa shape index (κ2) is 8.48. The van der Waals surface area contributed by atoms with Crippen LogP contribution >= 0.6 is 11.3 Å². The van der Waals surface area contributed by atoms with Gasteiger partial charge in [0, 0.05) is 16.5 Å². The average molecular weight is 495 g/mol. The first-order chi connectivity index (χ1) is 16.0. The molecule has 3 aromatic rings. The zero-order valence-corrected chi connectivity index (χ0v) is 17.7. The number of urea groups is 1. The summed E-state index contributed by atoms with van der Waals surface area (Å²) >= 11 is 1.17. The van der Waals surface area contributed by atoms with Crippen LogP contribution in [0.15, 0.2) is 52.3 Å². The molecule has 1 saturated heterocycles. The van der Waals surface area contributed by atoms with Crippen LogP contribution in [0.5, 0.6) is 0 Å². The van der Waals surface area contributed by atoms with Gasteiger partial charge in [0.1, 0.15) is 5.84 Å². The van der Waals surface area contributed by atoms with E-state index in [0.29, 0.717) is 0 Å². The van der Waals surface area contributed by atoms with Crippen LogP contribution in [0.25, 0.3) is 11.1 Å². The summed E-state index contributed by atoms with van der Waals surface area (Å²) in [7, 11) is 0. The van der Waals surface area contributed by atoms with E-state index in [0.717, 1.165) is 36.4 Å². The summed E-state index contributed by atoms with van der Waals surface area (Å²) in [5.74, 6) is -3.64. The van der Waals surface area contributed by atoms with Crippen molar-refractivity contribution in [3.8, 4) is 11.1 Å². The number of imide groups is 1. The van der Waals surface area contributed by atoms with Gasteiger partial charge in [-0.2, -0.15) is 13.2 Å². The number of carbonyl (C=O) groups is 2. The standard InChI is InChI=1S/C21H14F5N5O2S/c22-13-6-5-12(15(16(13)23)10-1-3-11(4-2-10)21(24,25)26)17(27)28-8-20(14-7-34-9-29-14)18(32)30-19(33)31-20/h1-7,9H,8H2,(H2,27,28)(H2,30,31,32,33). The molecule has 13 heteroatoms. The van der Waals surface area contributed by atoms with Crippen molar-refractivity contribution in [2.45, 2.75) is 11.7 Å². The smallest absolute Gasteiger partial charge is 0.383 e. The summed E-state index contributed by atoms with van der Waals surface area (Å²) < 4.78 is 67.4. The van der Waals surface area contributed by atoms with Crippen molar-refractivity contribution in [2.24, 2.45) is 10.7 Å². The van der Waals surface area contributed by atoms with Crippen LogP contribution in [0.3, 0.4) is 0 Å². The molecule has 1 atom stereocenters. The van der Waals surface area contributed by atoms with E-state index in [4.69, 9.17) is 5.73 Å². The molecule has 1 aliphatic rings. The van der Waals surface area contributed by atoms with Gasteiger partial charge in [-0.15, -0.1) is 11.3 Å². The molecular weight excluding hydrogens is 481 g/mol. The number of benzene rings is 2. The Morgan fingerprint density at radius 3 is 2.38 bits per heavy atom. The normalized spacial score (nSPS) is 18.7. The van der Waals surface area contributed by atoms with Gasteiger partial charge in [0.05, 0.1) is 23.3 Å². The molecule has 2 heterocycles. The molecule has 4 rings (SSSR count). The maximum absolute atomic E-state index is 14.8. The molecule has 0 bridgehead atoms. The molecule has 0 aliphatic carbocycles. The topological polar surface area (TPSA) is 109 Å². The highest BCUT2D eigenvalue weighted by Gasteiger charge is 2.49. The summed E-state index contributed by atoms with van der Waals surface area (Å²) in [6.07, 6.45) is -4.61. The second-order valence-electron chi connectivity index (χ2n) is 7.25. The Morgan fingerprint density at radius 2 is 1.82 bits per heavy atom. The first-order valence-electron chi connectivity index (χ1n) is 9.51. The number of halogens is 5. The minimum atomic E-state index is -4.61. The number of hydrogen-bond acceptors (Lipinski definition) is 5. The molecule has 1 fully saturated rings. The fourth-order valence-corrected chi connectivity index (χ4v) is 4.07. The van der Waals surface area contributed by atoms with Crippen LogP contribution in [0.4, 0.5) is 26.7 Å². The number of carbonyl (C=O) groups excluding carboxylic acids is 2. The van der Waals surface area contributed by atoms with Crippen LogP contribution in [-0.2, 0) is 16.5 Å². The van der Waals surface area contributed by atoms with Gasteiger partial charge in [0.25, 0.3) is 5.91 Å². The number of nitrogens with one attached hydrogen (secondary N) is 2. The molecule has 2 aromatic carbocycles. The first kappa shape index (κ1) is 23.3. The van der Waals surface area contributed by atoms with Crippen molar-refractivity contribution >= 4 is 29.1 Å². The molecule has 1 unspecified atom stereocenters. The van der Waals surface area contributed by atoms with E-state index in [1.165, 1.54) is 22.2 Å². The molecule has 176 valence electrons. The maximum atomic E-state index is 14.8. The zero-order valence-electron chi connectivity index (χ0n) is 16.9. The monoisotopic (exact) mass is 495 g/mol. The van der Waals surface area contributed by atoms with Gasteiger partial charge in [0.2, 0.25) is 0 Å². The van der Waals surface area contributed by atoms with E-state index in [9.17, 15) is 31.5 Å². The number of amides is 3. The van der Waals surface area contributed by atoms with Gasteiger partial charge in [-0.05, 0) is 29.8 Å². The van der Waals surface area contributed by atoms with E-state index in [-0.39, 0.29) is 22.7 Å². The van der Waals surface area contributed by atoms with Crippen LogP contribution in [0.2, 0.25) is 0 Å². The quantitative estimate of drug-likeness (QED) is 0.218. The zero-order chi connectivity index (χ0) is 24.7. The highest BCUT2D eigenvalue weighted by molar-refractivity contribution is 7.07. The van der Waals surface area contributed by atoms with E-state index in [2.05, 4.69) is 20.6 Å². The fraction of sp³-hybridized carbons (Fsp3) is 0.143. The Morgan fingerprint density at radius 1 is 1.12 bits per heavy atom. The number of aromatic nitrogens is 1. The molecule has 0 spiro atoms. The Labute approximate surface area is 192 Å². The molecule has 0 saturated carbocycles. The number of hydrogen-bond donors (Lipinski definition) is 3. The number of aliphatic imine (C=N–C) groups is 1. The second-order valence-corrected chi connectivity index (χ2v) is 7.97. The third kappa shape index (κ3) is 4.09. The minimum Gasteiger partial charge on any atom is -0.383 e. The lowest BCUT2D eigenvalue weighted by Crippen LogP contribution is -2.47. The van der Waals surface area contributed by atoms with Gasteiger partial charge < -0.3 is 11.1 Å². The number of amidine groups is 1. The maximum Gasteiger partial charge on any atom is 0.416 e. The molecule has 7 nitrogen and oxygen atoms in total. The lowest BCUT2D eigenvalue weighted by molar-refractivity contribution is -0.137. The molecule has 4 N–H and O–H groups in total. The number of alkyl halides is 3. The largest absolute Gasteiger partial charge is 0.416 e. The Hall–Kier alpha value is -3.87. The number of thiazole rings is 1. The van der Waals surface area contributed by atoms with Crippen molar-refractivity contribution in [3.63, 3.8) is 0 Å². The van der Waals surface area contributed by atoms with E-state index >= 15 is 0 Å². The summed E-state index contributed by atoms with van der Waals surface area (Å²) in [5, 5.41) is 6.08. The highest BCUT2D eigenvalue weighted by Crippen LogP contribution is 2.34. The first-order valence-corrected chi connectivity index (χ1v) is 10.5. The number of nitrogens with two attached hydrogens (primary N) is 1. The van der Waals surface area contributed by atoms with Gasteiger partial charge in [-0.1, -0.05) is 12.1 Å². The number of rotatable bonds is 5. The molecule has 1 aliphatic heterocycles. The Bertz CT molecular complexity index is 1290. The summed E-state index contributed by atoms with van der Waals surface area (Å²) in [6.45, 7) is -0.425. The van der Waals surface area contributed by atoms with Crippen molar-refractivity contribution in [1.29, 1.82) is 0 Å². The predicted molar refractivity (Wildman–Crippen MR) is 113 cm³/mol. The Balaban J connectivity index is 1.75. The summed E-state index contributed by atoms with van der Waals surface area (Å²) in [5.41, 5.74) is 4.46. The van der Waals surface area contributed by atoms with Crippen molar-refractivity contribution in [2.75, 3.05) is 6.54 Å². The van der Waals surface area contributed by atoms with Crippen LogP contribution < -0.4 is 16.4 Å². The molecule has 0 radical (unpaired) electrons. The minimum absolute atomic E-state index is 0.0701. The van der Waals surface area contributed by atoms with Crippen molar-refractivity contribution in [3.05, 3.63) is 75.7 Å². The van der Waals surface area contributed by atoms with Gasteiger partial charge in [0.15, 0.2) is 17.2 Å². The average Bonchev–Trinajstić information content (AvgIpc) is 3.42. The third-order valence-electron chi connectivity index (χ3n) is 5.17. The SMILES string of the molecule is NC(=NCC1(c2cscn2)NC(=O)NC1=O)c1ccc(F)c(F)c1-c1ccc(C(F)(F)F)cc1. The fourth-order valence-electron chi connectivity index (χ4n) is 3.45. The van der Waals surface area contributed by atoms with Gasteiger partial charge in [-0.3, -0.25) is 15.1 Å². The molecule has 34 heavy (non-hydrogen) atoms. The lowest BCUT2D eigenvalue weighted by atomic mass is 9.95. The van der Waals surface area contributed by atoms with Crippen molar-refractivity contribution in [1.82, 2.24) is 15.6 Å². The molecular formula is C21H14F5N5O2S. The van der Waals surface area contributed by atoms with Gasteiger partial charge in [-0.25, -0.2) is 18.6 Å². The van der Waals surface area contributed by atoms with Gasteiger partial charge >= 0.3 is 12.2 Å². The van der Waals surface area contributed by atoms with E-state index in [1.807, 2.05) is 0 Å². The van der Waals surface area contributed by atoms with E-state index < -0.39 is 53.0 Å². The van der Waals surface area contributed by atoms with Crippen LogP contribution in [-0.4, -0.2) is 29.3 Å². The third-order valence-corrected chi connectivity index (χ3v) is 5.76. The summed E-state index contributed by atoms with van der Waals surface area (Å²) in [4.78, 5) is 32.5. The van der Waals surface area contributed by atoms with Crippen LogP contribution in [0.1, 0.15) is 16.8 Å². The van der Waals surface area contributed by atoms with Crippen molar-refractivity contribution < 1.29 is 31.5 Å². The highest BCUT2D eigenvalue weighted by atomic mass is 32.1. The van der Waals surface area contributed by atoms with E-state index in [1.54, 1.807) is 0 Å².